The molecule has 250 valence electrons. The maximum Gasteiger partial charge on any atom is 0.410 e. The van der Waals surface area contributed by atoms with Crippen molar-refractivity contribution in [2.75, 3.05) is 46.3 Å². The second-order valence-corrected chi connectivity index (χ2v) is 13.1. The topological polar surface area (TPSA) is 178 Å². The van der Waals surface area contributed by atoms with Crippen molar-refractivity contribution in [1.82, 2.24) is 35.6 Å². The molecule has 4 saturated heterocycles. The fraction of sp³-hybridized carbons (Fsp3) is 0.767. The molecule has 0 aromatic carbocycles. The minimum atomic E-state index is -0.763. The average molecular weight is 634 g/mol. The predicted molar refractivity (Wildman–Crippen MR) is 160 cm³/mol. The number of likely N-dealkylation sites (tertiary alicyclic amines) is 4. The summed E-state index contributed by atoms with van der Waals surface area (Å²) in [7, 11) is 1.47. The molecule has 15 nitrogen and oxygen atoms in total. The zero-order chi connectivity index (χ0) is 32.9. The number of carbonyl (C=O) groups excluding carboxylic acids is 7. The van der Waals surface area contributed by atoms with E-state index in [1.165, 1.54) is 26.6 Å². The third-order valence-electron chi connectivity index (χ3n) is 8.82. The fourth-order valence-electron chi connectivity index (χ4n) is 6.63. The summed E-state index contributed by atoms with van der Waals surface area (Å²) in [6.07, 6.45) is 3.80. The van der Waals surface area contributed by atoms with E-state index in [-0.39, 0.29) is 30.8 Å². The van der Waals surface area contributed by atoms with Crippen LogP contribution in [0.25, 0.3) is 0 Å². The quantitative estimate of drug-likeness (QED) is 0.315. The van der Waals surface area contributed by atoms with Crippen LogP contribution in [0.15, 0.2) is 0 Å². The van der Waals surface area contributed by atoms with Gasteiger partial charge in [-0.1, -0.05) is 0 Å². The Morgan fingerprint density at radius 1 is 0.622 bits per heavy atom. The van der Waals surface area contributed by atoms with Crippen LogP contribution in [0.4, 0.5) is 4.79 Å². The van der Waals surface area contributed by atoms with Crippen LogP contribution in [0.5, 0.6) is 0 Å². The highest BCUT2D eigenvalue weighted by Gasteiger charge is 2.44. The Morgan fingerprint density at radius 3 is 1.53 bits per heavy atom. The van der Waals surface area contributed by atoms with Crippen LogP contribution in [0.2, 0.25) is 0 Å². The predicted octanol–water partition coefficient (Wildman–Crippen LogP) is -0.663. The van der Waals surface area contributed by atoms with Gasteiger partial charge in [-0.05, 0) is 72.1 Å². The van der Waals surface area contributed by atoms with Gasteiger partial charge >= 0.3 is 6.09 Å². The summed E-state index contributed by atoms with van der Waals surface area (Å²) in [5.41, 5.74) is -0.701. The molecule has 0 aromatic heterocycles. The summed E-state index contributed by atoms with van der Waals surface area (Å²) in [4.78, 5) is 96.4. The van der Waals surface area contributed by atoms with Crippen molar-refractivity contribution in [3.05, 3.63) is 0 Å². The zero-order valence-electron chi connectivity index (χ0n) is 26.8. The van der Waals surface area contributed by atoms with Gasteiger partial charge in [0, 0.05) is 33.2 Å². The number of rotatable bonds is 8. The minimum Gasteiger partial charge on any atom is -0.444 e. The number of nitrogens with zero attached hydrogens (tertiary/aromatic N) is 4. The Morgan fingerprint density at radius 2 is 1.04 bits per heavy atom. The van der Waals surface area contributed by atoms with Gasteiger partial charge in [0.05, 0.1) is 13.1 Å². The van der Waals surface area contributed by atoms with Crippen molar-refractivity contribution in [3.63, 3.8) is 0 Å². The van der Waals surface area contributed by atoms with Crippen molar-refractivity contribution < 1.29 is 38.3 Å². The highest BCUT2D eigenvalue weighted by Crippen LogP contribution is 2.27. The maximum atomic E-state index is 13.5. The van der Waals surface area contributed by atoms with Crippen LogP contribution in [-0.4, -0.2) is 137 Å². The molecule has 0 unspecified atom stereocenters. The number of hydrogen-bond acceptors (Lipinski definition) is 8. The van der Waals surface area contributed by atoms with E-state index < -0.39 is 53.6 Å². The Kier molecular flexibility index (Phi) is 10.9. The van der Waals surface area contributed by atoms with Crippen LogP contribution < -0.4 is 16.0 Å². The van der Waals surface area contributed by atoms with E-state index in [9.17, 15) is 33.6 Å². The number of hydrogen-bond donors (Lipinski definition) is 3. The van der Waals surface area contributed by atoms with E-state index in [4.69, 9.17) is 4.74 Å². The highest BCUT2D eigenvalue weighted by molar-refractivity contribution is 5.96. The van der Waals surface area contributed by atoms with Crippen LogP contribution in [-0.2, 0) is 33.5 Å². The van der Waals surface area contributed by atoms with Crippen molar-refractivity contribution in [2.45, 2.75) is 102 Å². The zero-order valence-corrected chi connectivity index (χ0v) is 26.8. The molecule has 0 spiro atoms. The molecule has 3 N–H and O–H groups in total. The molecule has 0 aliphatic carbocycles. The standard InChI is InChI=1S/C30H47N7O8/c1-30(2,3)45-29(44)37-16-8-12-22(37)28(43)36-15-6-10-20(36)26(41)33-18-24(39)34-13-7-11-21(34)27(42)35-14-5-9-19(35)25(40)32-17-23(38)31-4/h19-22H,5-18H2,1-4H3,(H,31,38)(H,32,40)(H,33,41)/t19-,20-,21-,22-/m0/s1. The van der Waals surface area contributed by atoms with E-state index in [1.807, 2.05) is 0 Å². The monoisotopic (exact) mass is 633 g/mol. The van der Waals surface area contributed by atoms with Gasteiger partial charge in [-0.3, -0.25) is 33.7 Å². The molecular weight excluding hydrogens is 586 g/mol. The lowest BCUT2D eigenvalue weighted by atomic mass is 10.1. The van der Waals surface area contributed by atoms with Crippen LogP contribution in [0, 0.1) is 0 Å². The Bertz CT molecular complexity index is 1190. The highest BCUT2D eigenvalue weighted by atomic mass is 16.6. The Hall–Kier alpha value is -3.91. The molecule has 4 fully saturated rings. The van der Waals surface area contributed by atoms with E-state index >= 15 is 0 Å². The van der Waals surface area contributed by atoms with Gasteiger partial charge in [-0.15, -0.1) is 0 Å². The van der Waals surface area contributed by atoms with Crippen LogP contribution in [0.3, 0.4) is 0 Å². The first-order chi connectivity index (χ1) is 21.3. The van der Waals surface area contributed by atoms with E-state index in [0.717, 1.165) is 0 Å². The molecule has 0 aromatic rings. The van der Waals surface area contributed by atoms with Gasteiger partial charge in [0.2, 0.25) is 35.4 Å². The molecule has 0 radical (unpaired) electrons. The molecule has 4 aliphatic rings. The van der Waals surface area contributed by atoms with E-state index in [0.29, 0.717) is 77.5 Å². The number of likely N-dealkylation sites (N-methyl/N-ethyl adjacent to an activating group) is 1. The van der Waals surface area contributed by atoms with Crippen molar-refractivity contribution in [2.24, 2.45) is 0 Å². The van der Waals surface area contributed by atoms with Crippen molar-refractivity contribution >= 4 is 41.5 Å². The van der Waals surface area contributed by atoms with Crippen molar-refractivity contribution in [1.29, 1.82) is 0 Å². The molecule has 0 bridgehead atoms. The number of amides is 7. The van der Waals surface area contributed by atoms with Gasteiger partial charge in [-0.25, -0.2) is 4.79 Å². The van der Waals surface area contributed by atoms with E-state index in [1.54, 1.807) is 20.8 Å². The lowest BCUT2D eigenvalue weighted by Crippen LogP contribution is -2.55. The molecule has 4 aliphatic heterocycles. The summed E-state index contributed by atoms with van der Waals surface area (Å²) in [6.45, 7) is 6.28. The van der Waals surface area contributed by atoms with Gasteiger partial charge in [0.15, 0.2) is 0 Å². The SMILES string of the molecule is CNC(=O)CNC(=O)[C@@H]1CCCN1C(=O)[C@@H]1CCCN1C(=O)CNC(=O)[C@@H]1CCCN1C(=O)[C@@H]1CCCN1C(=O)OC(C)(C)C. The Balaban J connectivity index is 1.32. The number of nitrogens with one attached hydrogen (secondary N) is 3. The molecule has 45 heavy (non-hydrogen) atoms. The molecule has 4 rings (SSSR count). The third-order valence-corrected chi connectivity index (χ3v) is 8.82. The fourth-order valence-corrected chi connectivity index (χ4v) is 6.63. The number of carbonyl (C=O) groups is 7. The van der Waals surface area contributed by atoms with E-state index in [2.05, 4.69) is 16.0 Å². The summed E-state index contributed by atoms with van der Waals surface area (Å²) in [5.74, 6) is -2.24. The smallest absolute Gasteiger partial charge is 0.410 e. The lowest BCUT2D eigenvalue weighted by Gasteiger charge is -2.32. The number of ether oxygens (including phenoxy) is 1. The average Bonchev–Trinajstić information content (AvgIpc) is 3.82. The second-order valence-electron chi connectivity index (χ2n) is 13.1. The molecule has 15 heteroatoms. The maximum absolute atomic E-state index is 13.5. The molecule has 4 heterocycles. The summed E-state index contributed by atoms with van der Waals surface area (Å²) in [5, 5.41) is 7.67. The lowest BCUT2D eigenvalue weighted by molar-refractivity contribution is -0.147. The normalized spacial score (nSPS) is 24.9. The van der Waals surface area contributed by atoms with Gasteiger partial charge in [0.1, 0.15) is 29.8 Å². The summed E-state index contributed by atoms with van der Waals surface area (Å²) in [6, 6.07) is -2.92. The third kappa shape index (κ3) is 8.03. The molecule has 4 atom stereocenters. The van der Waals surface area contributed by atoms with Gasteiger partial charge in [-0.2, -0.15) is 0 Å². The summed E-state index contributed by atoms with van der Waals surface area (Å²) < 4.78 is 5.49. The summed E-state index contributed by atoms with van der Waals surface area (Å²) >= 11 is 0. The molecular formula is C30H47N7O8. The largest absolute Gasteiger partial charge is 0.444 e. The second kappa shape index (κ2) is 14.5. The van der Waals surface area contributed by atoms with Crippen LogP contribution >= 0.6 is 0 Å². The molecule has 0 saturated carbocycles. The first kappa shape index (κ1) is 34.0. The molecule has 7 amide bonds. The van der Waals surface area contributed by atoms with Crippen LogP contribution in [0.1, 0.15) is 72.1 Å². The first-order valence-electron chi connectivity index (χ1n) is 16.0. The van der Waals surface area contributed by atoms with Crippen molar-refractivity contribution in [3.8, 4) is 0 Å². The first-order valence-corrected chi connectivity index (χ1v) is 16.0. The van der Waals surface area contributed by atoms with Gasteiger partial charge in [0.25, 0.3) is 0 Å². The Labute approximate surface area is 263 Å². The van der Waals surface area contributed by atoms with Gasteiger partial charge < -0.3 is 35.4 Å². The minimum absolute atomic E-state index is 0.186.